The summed E-state index contributed by atoms with van der Waals surface area (Å²) in [5.74, 6) is 1.53. The lowest BCUT2D eigenvalue weighted by Gasteiger charge is -2.19. The fourth-order valence-electron chi connectivity index (χ4n) is 3.21. The van der Waals surface area contributed by atoms with Crippen LogP contribution in [-0.2, 0) is 22.5 Å². The summed E-state index contributed by atoms with van der Waals surface area (Å²) >= 11 is 0. The molecule has 2 aromatic rings. The third kappa shape index (κ3) is 4.13. The van der Waals surface area contributed by atoms with Gasteiger partial charge < -0.3 is 23.5 Å². The lowest BCUT2D eigenvalue weighted by Crippen LogP contribution is -2.31. The summed E-state index contributed by atoms with van der Waals surface area (Å²) in [7, 11) is 2.96. The van der Waals surface area contributed by atoms with Crippen molar-refractivity contribution < 1.29 is 28.2 Å². The maximum Gasteiger partial charge on any atom is 0.341 e. The Bertz CT molecular complexity index is 898. The van der Waals surface area contributed by atoms with Gasteiger partial charge in [0, 0.05) is 19.0 Å². The van der Waals surface area contributed by atoms with E-state index in [-0.39, 0.29) is 24.7 Å². The fourth-order valence-corrected chi connectivity index (χ4v) is 3.21. The van der Waals surface area contributed by atoms with Gasteiger partial charge in [-0.1, -0.05) is 12.1 Å². The summed E-state index contributed by atoms with van der Waals surface area (Å²) < 4.78 is 21.9. The van der Waals surface area contributed by atoms with Crippen LogP contribution in [0.25, 0.3) is 0 Å². The van der Waals surface area contributed by atoms with Crippen LogP contribution in [0.5, 0.6) is 11.5 Å². The second-order valence-electron chi connectivity index (χ2n) is 7.50. The number of methoxy groups -OCH3 is 1. The third-order valence-electron chi connectivity index (χ3n) is 4.60. The smallest absolute Gasteiger partial charge is 0.341 e. The summed E-state index contributed by atoms with van der Waals surface area (Å²) in [5, 5.41) is 0. The standard InChI is InChI=1S/C21H25NO6/c1-13-16(20(24)25-5)9-15(27-13)11-22(4)18(23)12-26-17-8-6-7-14-10-21(2,3)28-19(14)17/h6-9H,10-12H2,1-5H3. The van der Waals surface area contributed by atoms with Gasteiger partial charge in [0.2, 0.25) is 0 Å². The van der Waals surface area contributed by atoms with Crippen molar-refractivity contribution in [3.8, 4) is 11.5 Å². The zero-order valence-corrected chi connectivity index (χ0v) is 16.8. The number of ether oxygens (including phenoxy) is 3. The summed E-state index contributed by atoms with van der Waals surface area (Å²) in [6, 6.07) is 7.29. The highest BCUT2D eigenvalue weighted by molar-refractivity contribution is 5.90. The van der Waals surface area contributed by atoms with E-state index < -0.39 is 5.97 Å². The predicted molar refractivity (Wildman–Crippen MR) is 102 cm³/mol. The molecule has 1 aliphatic heterocycles. The average Bonchev–Trinajstić information content (AvgIpc) is 3.16. The summed E-state index contributed by atoms with van der Waals surface area (Å²) in [5.41, 5.74) is 1.15. The Morgan fingerprint density at radius 3 is 2.75 bits per heavy atom. The van der Waals surface area contributed by atoms with Crippen LogP contribution in [0.3, 0.4) is 0 Å². The molecule has 1 aromatic carbocycles. The lowest BCUT2D eigenvalue weighted by atomic mass is 10.0. The highest BCUT2D eigenvalue weighted by atomic mass is 16.5. The average molecular weight is 387 g/mol. The largest absolute Gasteiger partial charge is 0.483 e. The summed E-state index contributed by atoms with van der Waals surface area (Å²) in [4.78, 5) is 25.6. The van der Waals surface area contributed by atoms with Crippen LogP contribution in [-0.4, -0.2) is 43.1 Å². The number of aryl methyl sites for hydroxylation is 1. The van der Waals surface area contributed by atoms with Gasteiger partial charge in [-0.15, -0.1) is 0 Å². The highest BCUT2D eigenvalue weighted by Crippen LogP contribution is 2.41. The van der Waals surface area contributed by atoms with Crippen molar-refractivity contribution in [3.05, 3.63) is 46.9 Å². The first-order chi connectivity index (χ1) is 13.2. The molecule has 28 heavy (non-hydrogen) atoms. The topological polar surface area (TPSA) is 78.2 Å². The van der Waals surface area contributed by atoms with Crippen molar-refractivity contribution in [2.24, 2.45) is 0 Å². The van der Waals surface area contributed by atoms with E-state index in [1.807, 2.05) is 26.0 Å². The van der Waals surface area contributed by atoms with Crippen LogP contribution in [0.2, 0.25) is 0 Å². The second kappa shape index (κ2) is 7.58. The monoisotopic (exact) mass is 387 g/mol. The Morgan fingerprint density at radius 1 is 1.29 bits per heavy atom. The first kappa shape index (κ1) is 19.8. The number of carbonyl (C=O) groups excluding carboxylic acids is 2. The van der Waals surface area contributed by atoms with Gasteiger partial charge >= 0.3 is 5.97 Å². The van der Waals surface area contributed by atoms with E-state index in [9.17, 15) is 9.59 Å². The van der Waals surface area contributed by atoms with Crippen molar-refractivity contribution >= 4 is 11.9 Å². The second-order valence-corrected chi connectivity index (χ2v) is 7.50. The minimum absolute atomic E-state index is 0.125. The fraction of sp³-hybridized carbons (Fsp3) is 0.429. The number of fused-ring (bicyclic) bond motifs is 1. The van der Waals surface area contributed by atoms with Crippen LogP contribution in [0.15, 0.2) is 28.7 Å². The van der Waals surface area contributed by atoms with Crippen molar-refractivity contribution in [1.29, 1.82) is 0 Å². The Morgan fingerprint density at radius 2 is 2.04 bits per heavy atom. The van der Waals surface area contributed by atoms with Gasteiger partial charge in [-0.3, -0.25) is 4.79 Å². The molecule has 0 saturated heterocycles. The van der Waals surface area contributed by atoms with E-state index >= 15 is 0 Å². The van der Waals surface area contributed by atoms with E-state index in [0.29, 0.717) is 28.6 Å². The SMILES string of the molecule is COC(=O)c1cc(CN(C)C(=O)COc2cccc3c2OC(C)(C)C3)oc1C. The molecule has 0 fully saturated rings. The Balaban J connectivity index is 1.61. The first-order valence-corrected chi connectivity index (χ1v) is 9.05. The molecule has 1 aliphatic rings. The summed E-state index contributed by atoms with van der Waals surface area (Å²) in [6.45, 7) is 5.81. The molecule has 0 N–H and O–H groups in total. The number of hydrogen-bond donors (Lipinski definition) is 0. The maximum atomic E-state index is 12.5. The maximum absolute atomic E-state index is 12.5. The molecular weight excluding hydrogens is 362 g/mol. The number of benzene rings is 1. The molecular formula is C21H25NO6. The van der Waals surface area contributed by atoms with Gasteiger partial charge in [0.15, 0.2) is 18.1 Å². The predicted octanol–water partition coefficient (Wildman–Crippen LogP) is 3.13. The molecule has 7 heteroatoms. The number of rotatable bonds is 6. The zero-order valence-electron chi connectivity index (χ0n) is 16.8. The highest BCUT2D eigenvalue weighted by Gasteiger charge is 2.32. The molecule has 1 amide bonds. The molecule has 0 aliphatic carbocycles. The number of nitrogens with zero attached hydrogens (tertiary/aromatic N) is 1. The van der Waals surface area contributed by atoms with E-state index in [2.05, 4.69) is 0 Å². The number of amides is 1. The molecule has 0 radical (unpaired) electrons. The quantitative estimate of drug-likeness (QED) is 0.709. The molecule has 1 aromatic heterocycles. The van der Waals surface area contributed by atoms with Crippen LogP contribution in [0.4, 0.5) is 0 Å². The van der Waals surface area contributed by atoms with E-state index in [1.165, 1.54) is 12.0 Å². The van der Waals surface area contributed by atoms with Crippen LogP contribution >= 0.6 is 0 Å². The van der Waals surface area contributed by atoms with Crippen LogP contribution < -0.4 is 9.47 Å². The van der Waals surface area contributed by atoms with Gasteiger partial charge in [0.25, 0.3) is 5.91 Å². The van der Waals surface area contributed by atoms with Crippen molar-refractivity contribution in [1.82, 2.24) is 4.90 Å². The minimum atomic E-state index is -0.467. The van der Waals surface area contributed by atoms with Crippen LogP contribution in [0.1, 0.15) is 41.3 Å². The lowest BCUT2D eigenvalue weighted by molar-refractivity contribution is -0.132. The molecule has 0 atom stereocenters. The van der Waals surface area contributed by atoms with E-state index in [0.717, 1.165) is 12.0 Å². The Hall–Kier alpha value is -2.96. The third-order valence-corrected chi connectivity index (χ3v) is 4.60. The number of esters is 1. The molecule has 0 spiro atoms. The normalized spacial score (nSPS) is 14.2. The van der Waals surface area contributed by atoms with Crippen molar-refractivity contribution in [3.63, 3.8) is 0 Å². The minimum Gasteiger partial charge on any atom is -0.483 e. The molecule has 0 bridgehead atoms. The van der Waals surface area contributed by atoms with Gasteiger partial charge in [-0.25, -0.2) is 4.79 Å². The number of carbonyl (C=O) groups is 2. The van der Waals surface area contributed by atoms with E-state index in [1.54, 1.807) is 26.1 Å². The van der Waals surface area contributed by atoms with Crippen molar-refractivity contribution in [2.75, 3.05) is 20.8 Å². The Kier molecular flexibility index (Phi) is 5.36. The molecule has 3 rings (SSSR count). The number of hydrogen-bond acceptors (Lipinski definition) is 6. The summed E-state index contributed by atoms with van der Waals surface area (Å²) in [6.07, 6.45) is 0.799. The van der Waals surface area contributed by atoms with Crippen molar-refractivity contribution in [2.45, 2.75) is 39.3 Å². The number of furan rings is 1. The van der Waals surface area contributed by atoms with Gasteiger partial charge in [-0.2, -0.15) is 0 Å². The first-order valence-electron chi connectivity index (χ1n) is 9.05. The van der Waals surface area contributed by atoms with Crippen LogP contribution in [0, 0.1) is 6.92 Å². The molecule has 0 saturated carbocycles. The molecule has 0 unspecified atom stereocenters. The number of para-hydroxylation sites is 1. The van der Waals surface area contributed by atoms with Gasteiger partial charge in [0.05, 0.1) is 13.7 Å². The molecule has 7 nitrogen and oxygen atoms in total. The zero-order chi connectivity index (χ0) is 20.5. The molecule has 2 heterocycles. The Labute approximate surface area is 164 Å². The van der Waals surface area contributed by atoms with Gasteiger partial charge in [-0.05, 0) is 32.9 Å². The number of likely N-dealkylation sites (N-methyl/N-ethyl adjacent to an activating group) is 1. The molecule has 150 valence electrons. The van der Waals surface area contributed by atoms with Gasteiger partial charge in [0.1, 0.15) is 22.7 Å². The van der Waals surface area contributed by atoms with E-state index in [4.69, 9.17) is 18.6 Å².